The Bertz CT molecular complexity index is 924. The standard InChI is InChI=1S/C21H19ClF3NO/c1-20-9-8-19(27)26-18(20)7-4-14-10-12(2-5-15(14)20)13-3-6-17(22)16(11-13)21(23,24)25/h2-3,5-6,10-11,18H,4,7-9H2,1H3,(H,26,27)/t18-,20-/m1/s1. The molecule has 1 N–H and O–H groups in total. The summed E-state index contributed by atoms with van der Waals surface area (Å²) in [5, 5.41) is 2.80. The number of hydrogen-bond donors (Lipinski definition) is 1. The molecule has 6 heteroatoms. The molecule has 1 aliphatic carbocycles. The molecule has 1 fully saturated rings. The minimum absolute atomic E-state index is 0.0957. The summed E-state index contributed by atoms with van der Waals surface area (Å²) >= 11 is 5.74. The SMILES string of the molecule is C[C@]12CCC(=O)N[C@@H]1CCc1cc(-c3ccc(Cl)c(C(F)(F)F)c3)ccc12. The lowest BCUT2D eigenvalue weighted by atomic mass is 9.64. The molecule has 1 amide bonds. The Hall–Kier alpha value is -2.01. The van der Waals surface area contributed by atoms with E-state index in [0.29, 0.717) is 12.0 Å². The number of carbonyl (C=O) groups is 1. The summed E-state index contributed by atoms with van der Waals surface area (Å²) < 4.78 is 39.5. The maximum Gasteiger partial charge on any atom is 0.417 e. The van der Waals surface area contributed by atoms with Crippen LogP contribution < -0.4 is 5.32 Å². The fourth-order valence-corrected chi connectivity index (χ4v) is 4.67. The van der Waals surface area contributed by atoms with Gasteiger partial charge in [-0.15, -0.1) is 0 Å². The Balaban J connectivity index is 1.74. The van der Waals surface area contributed by atoms with Crippen LogP contribution in [-0.4, -0.2) is 11.9 Å². The number of carbonyl (C=O) groups excluding carboxylic acids is 1. The summed E-state index contributed by atoms with van der Waals surface area (Å²) in [4.78, 5) is 11.7. The third kappa shape index (κ3) is 3.12. The maximum absolute atomic E-state index is 13.2. The molecule has 0 bridgehead atoms. The fraction of sp³-hybridized carbons (Fsp3) is 0.381. The molecule has 1 saturated heterocycles. The van der Waals surface area contributed by atoms with E-state index in [-0.39, 0.29) is 22.4 Å². The van der Waals surface area contributed by atoms with E-state index >= 15 is 0 Å². The van der Waals surface area contributed by atoms with Crippen LogP contribution >= 0.6 is 11.6 Å². The summed E-state index contributed by atoms with van der Waals surface area (Å²) in [6.45, 7) is 2.17. The van der Waals surface area contributed by atoms with Crippen LogP contribution in [0.25, 0.3) is 11.1 Å². The number of piperidine rings is 1. The van der Waals surface area contributed by atoms with Crippen molar-refractivity contribution in [2.75, 3.05) is 0 Å². The average molecular weight is 394 g/mol. The predicted octanol–water partition coefficient (Wildman–Crippen LogP) is 5.51. The molecular formula is C21H19ClF3NO. The number of benzene rings is 2. The van der Waals surface area contributed by atoms with Crippen LogP contribution in [0, 0.1) is 0 Å². The highest BCUT2D eigenvalue weighted by Crippen LogP contribution is 2.44. The number of aryl methyl sites for hydroxylation is 1. The molecule has 4 rings (SSSR count). The molecule has 2 nitrogen and oxygen atoms in total. The first kappa shape index (κ1) is 18.4. The Morgan fingerprint density at radius 3 is 2.56 bits per heavy atom. The van der Waals surface area contributed by atoms with E-state index in [0.717, 1.165) is 36.5 Å². The highest BCUT2D eigenvalue weighted by atomic mass is 35.5. The summed E-state index contributed by atoms with van der Waals surface area (Å²) in [5.74, 6) is 0.0957. The number of fused-ring (bicyclic) bond motifs is 3. The monoisotopic (exact) mass is 393 g/mol. The van der Waals surface area contributed by atoms with Gasteiger partial charge in [0.25, 0.3) is 0 Å². The number of alkyl halides is 3. The molecule has 2 aromatic carbocycles. The molecule has 0 aromatic heterocycles. The first-order chi connectivity index (χ1) is 12.7. The average Bonchev–Trinajstić information content (AvgIpc) is 2.61. The zero-order valence-corrected chi connectivity index (χ0v) is 15.5. The van der Waals surface area contributed by atoms with Gasteiger partial charge in [0, 0.05) is 17.9 Å². The van der Waals surface area contributed by atoms with Crippen LogP contribution in [0.2, 0.25) is 5.02 Å². The first-order valence-corrected chi connectivity index (χ1v) is 9.36. The van der Waals surface area contributed by atoms with Gasteiger partial charge in [0.1, 0.15) is 0 Å². The topological polar surface area (TPSA) is 29.1 Å². The molecule has 1 heterocycles. The number of amides is 1. The molecule has 142 valence electrons. The van der Waals surface area contributed by atoms with Crippen LogP contribution in [0.3, 0.4) is 0 Å². The summed E-state index contributed by atoms with van der Waals surface area (Å²) in [6.07, 6.45) is -1.56. The van der Waals surface area contributed by atoms with Gasteiger partial charge in [0.2, 0.25) is 5.91 Å². The van der Waals surface area contributed by atoms with Gasteiger partial charge in [0.15, 0.2) is 0 Å². The quantitative estimate of drug-likeness (QED) is 0.680. The van der Waals surface area contributed by atoms with E-state index < -0.39 is 11.7 Å². The van der Waals surface area contributed by atoms with Crippen molar-refractivity contribution < 1.29 is 18.0 Å². The first-order valence-electron chi connectivity index (χ1n) is 8.98. The fourth-order valence-electron chi connectivity index (χ4n) is 4.45. The molecule has 2 aliphatic rings. The van der Waals surface area contributed by atoms with Crippen molar-refractivity contribution in [2.45, 2.75) is 50.2 Å². The highest BCUT2D eigenvalue weighted by Gasteiger charge is 2.44. The van der Waals surface area contributed by atoms with Gasteiger partial charge in [-0.05, 0) is 53.6 Å². The molecule has 2 atom stereocenters. The molecule has 27 heavy (non-hydrogen) atoms. The molecule has 0 unspecified atom stereocenters. The van der Waals surface area contributed by atoms with Crippen molar-refractivity contribution in [3.05, 3.63) is 58.1 Å². The largest absolute Gasteiger partial charge is 0.417 e. The van der Waals surface area contributed by atoms with E-state index in [1.807, 2.05) is 18.2 Å². The van der Waals surface area contributed by atoms with Gasteiger partial charge in [-0.25, -0.2) is 0 Å². The van der Waals surface area contributed by atoms with Crippen LogP contribution in [0.1, 0.15) is 42.9 Å². The molecule has 0 saturated carbocycles. The van der Waals surface area contributed by atoms with E-state index in [1.165, 1.54) is 11.6 Å². The minimum atomic E-state index is -4.48. The highest BCUT2D eigenvalue weighted by molar-refractivity contribution is 6.31. The van der Waals surface area contributed by atoms with Gasteiger partial charge in [-0.2, -0.15) is 13.2 Å². The summed E-state index contributed by atoms with van der Waals surface area (Å²) in [7, 11) is 0. The van der Waals surface area contributed by atoms with E-state index in [4.69, 9.17) is 11.6 Å². The lowest BCUT2D eigenvalue weighted by molar-refractivity contribution is -0.137. The number of hydrogen-bond acceptors (Lipinski definition) is 1. The minimum Gasteiger partial charge on any atom is -0.352 e. The lowest BCUT2D eigenvalue weighted by Crippen LogP contribution is -2.55. The number of nitrogens with one attached hydrogen (secondary N) is 1. The molecule has 0 spiro atoms. The zero-order valence-electron chi connectivity index (χ0n) is 14.8. The molecule has 2 aromatic rings. The van der Waals surface area contributed by atoms with E-state index in [2.05, 4.69) is 12.2 Å². The Labute approximate surface area is 160 Å². The second kappa shape index (κ2) is 6.26. The Morgan fingerprint density at radius 2 is 1.81 bits per heavy atom. The van der Waals surface area contributed by atoms with Gasteiger partial charge in [-0.3, -0.25) is 4.79 Å². The predicted molar refractivity (Wildman–Crippen MR) is 98.7 cm³/mol. The number of rotatable bonds is 1. The van der Waals surface area contributed by atoms with Crippen molar-refractivity contribution in [1.82, 2.24) is 5.32 Å². The zero-order chi connectivity index (χ0) is 19.4. The molecule has 0 radical (unpaired) electrons. The van der Waals surface area contributed by atoms with Gasteiger partial charge in [-0.1, -0.05) is 42.8 Å². The van der Waals surface area contributed by atoms with Crippen molar-refractivity contribution in [3.8, 4) is 11.1 Å². The second-order valence-electron chi connectivity index (χ2n) is 7.64. The number of halogens is 4. The second-order valence-corrected chi connectivity index (χ2v) is 8.05. The van der Waals surface area contributed by atoms with Crippen LogP contribution in [0.4, 0.5) is 13.2 Å². The van der Waals surface area contributed by atoms with Gasteiger partial charge >= 0.3 is 6.18 Å². The molecule has 1 aliphatic heterocycles. The van der Waals surface area contributed by atoms with Crippen LogP contribution in [-0.2, 0) is 22.8 Å². The van der Waals surface area contributed by atoms with Crippen LogP contribution in [0.15, 0.2) is 36.4 Å². The summed E-state index contributed by atoms with van der Waals surface area (Å²) in [6, 6.07) is 10.0. The Kier molecular flexibility index (Phi) is 4.26. The molecular weight excluding hydrogens is 375 g/mol. The lowest BCUT2D eigenvalue weighted by Gasteiger charge is -2.46. The van der Waals surface area contributed by atoms with E-state index in [1.54, 1.807) is 6.07 Å². The Morgan fingerprint density at radius 1 is 1.11 bits per heavy atom. The summed E-state index contributed by atoms with van der Waals surface area (Å²) in [5.41, 5.74) is 2.63. The third-order valence-corrected chi connectivity index (χ3v) is 6.33. The van der Waals surface area contributed by atoms with Crippen molar-refractivity contribution in [1.29, 1.82) is 0 Å². The van der Waals surface area contributed by atoms with Crippen molar-refractivity contribution in [3.63, 3.8) is 0 Å². The van der Waals surface area contributed by atoms with E-state index in [9.17, 15) is 18.0 Å². The van der Waals surface area contributed by atoms with Gasteiger partial charge < -0.3 is 5.32 Å². The van der Waals surface area contributed by atoms with Crippen LogP contribution in [0.5, 0.6) is 0 Å². The third-order valence-electron chi connectivity index (χ3n) is 6.00. The van der Waals surface area contributed by atoms with Crippen molar-refractivity contribution >= 4 is 17.5 Å². The maximum atomic E-state index is 13.2. The normalized spacial score (nSPS) is 24.8. The van der Waals surface area contributed by atoms with Gasteiger partial charge in [0.05, 0.1) is 10.6 Å². The smallest absolute Gasteiger partial charge is 0.352 e. The van der Waals surface area contributed by atoms with Crippen molar-refractivity contribution in [2.24, 2.45) is 0 Å².